The van der Waals surface area contributed by atoms with Crippen molar-refractivity contribution in [3.8, 4) is 11.5 Å². The van der Waals surface area contributed by atoms with Crippen molar-refractivity contribution in [2.75, 3.05) is 13.7 Å². The molecule has 3 nitrogen and oxygen atoms in total. The number of methoxy groups -OCH3 is 1. The normalized spacial score (nSPS) is 18.3. The van der Waals surface area contributed by atoms with Crippen LogP contribution in [0.5, 0.6) is 11.5 Å². The lowest BCUT2D eigenvalue weighted by Crippen LogP contribution is -2.42. The molecule has 0 spiro atoms. The first-order valence-electron chi connectivity index (χ1n) is 6.78. The maximum atomic E-state index is 6.37. The molecule has 0 unspecified atom stereocenters. The minimum Gasteiger partial charge on any atom is -0.497 e. The SMILES string of the molecule is COc1cccc(OCCC2(N)CCCCC2)c1. The van der Waals surface area contributed by atoms with E-state index < -0.39 is 0 Å². The van der Waals surface area contributed by atoms with E-state index in [9.17, 15) is 0 Å². The van der Waals surface area contributed by atoms with E-state index in [2.05, 4.69) is 0 Å². The fourth-order valence-electron chi connectivity index (χ4n) is 2.57. The molecule has 0 aliphatic heterocycles. The van der Waals surface area contributed by atoms with Gasteiger partial charge in [0.1, 0.15) is 11.5 Å². The van der Waals surface area contributed by atoms with Gasteiger partial charge in [-0.2, -0.15) is 0 Å². The van der Waals surface area contributed by atoms with Crippen LogP contribution >= 0.6 is 0 Å². The topological polar surface area (TPSA) is 44.5 Å². The zero-order valence-electron chi connectivity index (χ0n) is 11.2. The quantitative estimate of drug-likeness (QED) is 0.872. The molecule has 2 N–H and O–H groups in total. The standard InChI is InChI=1S/C15H23NO2/c1-17-13-6-5-7-14(12-13)18-11-10-15(16)8-3-2-4-9-15/h5-7,12H,2-4,8-11,16H2,1H3. The summed E-state index contributed by atoms with van der Waals surface area (Å²) in [7, 11) is 1.66. The van der Waals surface area contributed by atoms with Crippen LogP contribution in [-0.4, -0.2) is 19.3 Å². The summed E-state index contributed by atoms with van der Waals surface area (Å²) in [5, 5.41) is 0. The van der Waals surface area contributed by atoms with E-state index in [1.807, 2.05) is 24.3 Å². The molecular formula is C15H23NO2. The van der Waals surface area contributed by atoms with Gasteiger partial charge in [-0.3, -0.25) is 0 Å². The van der Waals surface area contributed by atoms with Crippen LogP contribution in [-0.2, 0) is 0 Å². The van der Waals surface area contributed by atoms with Crippen LogP contribution in [0.2, 0.25) is 0 Å². The third kappa shape index (κ3) is 3.64. The molecule has 0 aromatic heterocycles. The van der Waals surface area contributed by atoms with Crippen molar-refractivity contribution < 1.29 is 9.47 Å². The first-order chi connectivity index (χ1) is 8.72. The molecule has 0 saturated heterocycles. The van der Waals surface area contributed by atoms with Crippen LogP contribution in [0.25, 0.3) is 0 Å². The summed E-state index contributed by atoms with van der Waals surface area (Å²) in [5.74, 6) is 1.68. The van der Waals surface area contributed by atoms with Gasteiger partial charge in [-0.05, 0) is 31.4 Å². The number of ether oxygens (including phenoxy) is 2. The average Bonchev–Trinajstić information content (AvgIpc) is 2.40. The van der Waals surface area contributed by atoms with Gasteiger partial charge in [0, 0.05) is 11.6 Å². The number of nitrogens with two attached hydrogens (primary N) is 1. The number of rotatable bonds is 5. The van der Waals surface area contributed by atoms with E-state index in [0.717, 1.165) is 30.8 Å². The summed E-state index contributed by atoms with van der Waals surface area (Å²) in [6, 6.07) is 7.71. The van der Waals surface area contributed by atoms with E-state index in [1.165, 1.54) is 19.3 Å². The second-order valence-corrected chi connectivity index (χ2v) is 5.20. The van der Waals surface area contributed by atoms with Gasteiger partial charge >= 0.3 is 0 Å². The molecule has 0 radical (unpaired) electrons. The number of hydrogen-bond acceptors (Lipinski definition) is 3. The van der Waals surface area contributed by atoms with Crippen molar-refractivity contribution in [2.24, 2.45) is 5.73 Å². The van der Waals surface area contributed by atoms with Crippen molar-refractivity contribution in [3.05, 3.63) is 24.3 Å². The molecule has 18 heavy (non-hydrogen) atoms. The van der Waals surface area contributed by atoms with E-state index in [-0.39, 0.29) is 5.54 Å². The first kappa shape index (κ1) is 13.2. The van der Waals surface area contributed by atoms with Crippen molar-refractivity contribution in [1.82, 2.24) is 0 Å². The van der Waals surface area contributed by atoms with Gasteiger partial charge in [-0.25, -0.2) is 0 Å². The monoisotopic (exact) mass is 249 g/mol. The Balaban J connectivity index is 1.80. The predicted octanol–water partition coefficient (Wildman–Crippen LogP) is 3.13. The third-order valence-electron chi connectivity index (χ3n) is 3.76. The second kappa shape index (κ2) is 6.10. The summed E-state index contributed by atoms with van der Waals surface area (Å²) in [5.41, 5.74) is 6.37. The summed E-state index contributed by atoms with van der Waals surface area (Å²) < 4.78 is 10.9. The molecule has 1 aliphatic carbocycles. The molecule has 0 amide bonds. The maximum Gasteiger partial charge on any atom is 0.122 e. The Morgan fingerprint density at radius 1 is 1.17 bits per heavy atom. The zero-order valence-corrected chi connectivity index (χ0v) is 11.2. The Kier molecular flexibility index (Phi) is 4.48. The third-order valence-corrected chi connectivity index (χ3v) is 3.76. The minimum atomic E-state index is -0.00286. The van der Waals surface area contributed by atoms with Gasteiger partial charge in [0.05, 0.1) is 13.7 Å². The summed E-state index contributed by atoms with van der Waals surface area (Å²) >= 11 is 0. The van der Waals surface area contributed by atoms with Gasteiger partial charge in [0.2, 0.25) is 0 Å². The highest BCUT2D eigenvalue weighted by Gasteiger charge is 2.26. The second-order valence-electron chi connectivity index (χ2n) is 5.20. The van der Waals surface area contributed by atoms with E-state index >= 15 is 0 Å². The predicted molar refractivity (Wildman–Crippen MR) is 73.1 cm³/mol. The van der Waals surface area contributed by atoms with Gasteiger partial charge < -0.3 is 15.2 Å². The Bertz CT molecular complexity index is 373. The lowest BCUT2D eigenvalue weighted by atomic mass is 9.80. The highest BCUT2D eigenvalue weighted by Crippen LogP contribution is 2.29. The maximum absolute atomic E-state index is 6.37. The van der Waals surface area contributed by atoms with Gasteiger partial charge in [0.25, 0.3) is 0 Å². The molecule has 0 atom stereocenters. The molecule has 1 aromatic carbocycles. The van der Waals surface area contributed by atoms with Crippen LogP contribution in [0.15, 0.2) is 24.3 Å². The number of benzene rings is 1. The smallest absolute Gasteiger partial charge is 0.122 e. The Labute approximate surface area is 109 Å². The van der Waals surface area contributed by atoms with Crippen molar-refractivity contribution >= 4 is 0 Å². The summed E-state index contributed by atoms with van der Waals surface area (Å²) in [6.07, 6.45) is 7.05. The van der Waals surface area contributed by atoms with Crippen molar-refractivity contribution in [3.63, 3.8) is 0 Å². The molecule has 3 heteroatoms. The van der Waals surface area contributed by atoms with Crippen molar-refractivity contribution in [2.45, 2.75) is 44.1 Å². The zero-order chi connectivity index (χ0) is 12.8. The molecule has 100 valence electrons. The summed E-state index contributed by atoms with van der Waals surface area (Å²) in [4.78, 5) is 0. The fraction of sp³-hybridized carbons (Fsp3) is 0.600. The van der Waals surface area contributed by atoms with Crippen LogP contribution in [0.1, 0.15) is 38.5 Å². The lowest BCUT2D eigenvalue weighted by Gasteiger charge is -2.33. The van der Waals surface area contributed by atoms with Gasteiger partial charge in [-0.15, -0.1) is 0 Å². The molecular weight excluding hydrogens is 226 g/mol. The molecule has 1 aliphatic rings. The lowest BCUT2D eigenvalue weighted by molar-refractivity contribution is 0.214. The van der Waals surface area contributed by atoms with Gasteiger partial charge in [-0.1, -0.05) is 25.3 Å². The Hall–Kier alpha value is -1.22. The minimum absolute atomic E-state index is 0.00286. The molecule has 1 fully saturated rings. The largest absolute Gasteiger partial charge is 0.497 e. The molecule has 1 saturated carbocycles. The van der Waals surface area contributed by atoms with Crippen LogP contribution in [0.4, 0.5) is 0 Å². The molecule has 1 aromatic rings. The van der Waals surface area contributed by atoms with Crippen LogP contribution < -0.4 is 15.2 Å². The fourth-order valence-corrected chi connectivity index (χ4v) is 2.57. The van der Waals surface area contributed by atoms with Crippen LogP contribution in [0, 0.1) is 0 Å². The van der Waals surface area contributed by atoms with Crippen molar-refractivity contribution in [1.29, 1.82) is 0 Å². The highest BCUT2D eigenvalue weighted by atomic mass is 16.5. The highest BCUT2D eigenvalue weighted by molar-refractivity contribution is 5.32. The van der Waals surface area contributed by atoms with Gasteiger partial charge in [0.15, 0.2) is 0 Å². The Morgan fingerprint density at radius 3 is 2.61 bits per heavy atom. The van der Waals surface area contributed by atoms with Crippen LogP contribution in [0.3, 0.4) is 0 Å². The molecule has 2 rings (SSSR count). The average molecular weight is 249 g/mol. The molecule has 0 bridgehead atoms. The van der Waals surface area contributed by atoms with E-state index in [0.29, 0.717) is 6.61 Å². The number of hydrogen-bond donors (Lipinski definition) is 1. The summed E-state index contributed by atoms with van der Waals surface area (Å²) in [6.45, 7) is 0.684. The molecule has 0 heterocycles. The van der Waals surface area contributed by atoms with E-state index in [4.69, 9.17) is 15.2 Å². The first-order valence-corrected chi connectivity index (χ1v) is 6.78. The van der Waals surface area contributed by atoms with E-state index in [1.54, 1.807) is 7.11 Å². The Morgan fingerprint density at radius 2 is 1.89 bits per heavy atom.